The summed E-state index contributed by atoms with van der Waals surface area (Å²) >= 11 is 0. The summed E-state index contributed by atoms with van der Waals surface area (Å²) in [4.78, 5) is 10.6. The van der Waals surface area contributed by atoms with Crippen molar-refractivity contribution in [1.29, 1.82) is 0 Å². The van der Waals surface area contributed by atoms with Gasteiger partial charge in [-0.3, -0.25) is 9.55 Å². The van der Waals surface area contributed by atoms with Crippen LogP contribution in [0.15, 0.2) is 128 Å². The molecule has 5 heteroatoms. The fourth-order valence-corrected chi connectivity index (χ4v) is 8.65. The van der Waals surface area contributed by atoms with Gasteiger partial charge in [-0.1, -0.05) is 192 Å². The largest absolute Gasteiger partial charge is 0.507 e. The van der Waals surface area contributed by atoms with Crippen LogP contribution in [0, 0.1) is 12.9 Å². The fraction of sp³-hybridized carbons (Fsp3) is 0.311. The summed E-state index contributed by atoms with van der Waals surface area (Å²) in [5.41, 5.74) is 16.3. The summed E-state index contributed by atoms with van der Waals surface area (Å²) in [7, 11) is 0. The number of phenolic OH excluding ortho intramolecular Hbond substituents is 1. The van der Waals surface area contributed by atoms with Crippen LogP contribution in [0.25, 0.3) is 72.7 Å². The first-order valence-corrected chi connectivity index (χ1v) is 23.1. The smallest absolute Gasteiger partial charge is 0.148 e. The number of fused-ring (bicyclic) bond motifs is 1. The zero-order valence-corrected chi connectivity index (χ0v) is 43.2. The molecule has 0 aliphatic heterocycles. The van der Waals surface area contributed by atoms with Gasteiger partial charge in [0.05, 0.1) is 22.3 Å². The van der Waals surface area contributed by atoms with Crippen molar-refractivity contribution in [2.75, 3.05) is 0 Å². The molecule has 0 fully saturated rings. The number of pyridine rings is 1. The van der Waals surface area contributed by atoms with Crippen LogP contribution in [0.1, 0.15) is 139 Å². The van der Waals surface area contributed by atoms with E-state index in [0.717, 1.165) is 78.0 Å². The molecule has 0 aliphatic rings. The number of nitrogens with zero attached hydrogens (tertiary/aromatic N) is 3. The molecule has 4 nitrogen and oxygen atoms in total. The van der Waals surface area contributed by atoms with Crippen molar-refractivity contribution < 1.29 is 30.3 Å². The topological polar surface area (TPSA) is 50.9 Å². The second-order valence-electron chi connectivity index (χ2n) is 21.5. The molecule has 0 aliphatic carbocycles. The SMILES string of the molecule is [2H]C([2H])([2H])c1ccc(-c2ccnc(-c3[c-]c(-c4cccc5c4nc(-c4cc(C(C)C)cc(C(C)C)c4O)n5-c4cc(C(C)(C)C)ccc4-c4ccc(C(C)(C)C)cc4)cc(C(C)(C)C)c3)c2)cc1.[Pt]. The molecule has 8 rings (SSSR count). The third-order valence-electron chi connectivity index (χ3n) is 12.8. The van der Waals surface area contributed by atoms with Crippen molar-refractivity contribution in [2.45, 2.75) is 125 Å². The molecule has 66 heavy (non-hydrogen) atoms. The van der Waals surface area contributed by atoms with E-state index in [2.05, 4.69) is 186 Å². The Labute approximate surface area is 413 Å². The molecule has 0 unspecified atom stereocenters. The summed E-state index contributed by atoms with van der Waals surface area (Å²) in [6.07, 6.45) is 1.80. The minimum absolute atomic E-state index is 0. The van der Waals surface area contributed by atoms with Gasteiger partial charge in [0.25, 0.3) is 0 Å². The molecule has 8 aromatic rings. The van der Waals surface area contributed by atoms with Crippen LogP contribution in [-0.4, -0.2) is 19.6 Å². The van der Waals surface area contributed by atoms with Gasteiger partial charge in [0.1, 0.15) is 11.6 Å². The number of aryl methyl sites for hydroxylation is 1. The number of hydrogen-bond acceptors (Lipinski definition) is 3. The average molecular weight is 1060 g/mol. The van der Waals surface area contributed by atoms with Crippen molar-refractivity contribution in [3.8, 4) is 67.5 Å². The Balaban J connectivity index is 0.00000703. The molecule has 1 N–H and O–H groups in total. The Morgan fingerprint density at radius 3 is 1.85 bits per heavy atom. The molecule has 0 saturated carbocycles. The number of aromatic nitrogens is 3. The van der Waals surface area contributed by atoms with Gasteiger partial charge in [0, 0.05) is 42.6 Å². The van der Waals surface area contributed by atoms with Gasteiger partial charge in [-0.15, -0.1) is 29.3 Å². The van der Waals surface area contributed by atoms with Gasteiger partial charge in [0.2, 0.25) is 0 Å². The summed E-state index contributed by atoms with van der Waals surface area (Å²) in [5, 5.41) is 12.4. The third kappa shape index (κ3) is 9.63. The number of benzene rings is 6. The van der Waals surface area contributed by atoms with Crippen LogP contribution in [0.3, 0.4) is 0 Å². The minimum Gasteiger partial charge on any atom is -0.507 e. The summed E-state index contributed by atoms with van der Waals surface area (Å²) in [5.74, 6) is 1.21. The monoisotopic (exact) mass is 1050 g/mol. The van der Waals surface area contributed by atoms with Crippen molar-refractivity contribution in [3.05, 3.63) is 167 Å². The Bertz CT molecular complexity index is 3160. The van der Waals surface area contributed by atoms with Crippen molar-refractivity contribution in [2.24, 2.45) is 0 Å². The maximum atomic E-state index is 12.4. The average Bonchev–Trinajstić information content (AvgIpc) is 3.67. The van der Waals surface area contributed by atoms with E-state index in [-0.39, 0.29) is 54.9 Å². The maximum absolute atomic E-state index is 12.4. The number of imidazole rings is 1. The second-order valence-corrected chi connectivity index (χ2v) is 21.5. The first-order valence-electron chi connectivity index (χ1n) is 24.6. The van der Waals surface area contributed by atoms with Gasteiger partial charge in [-0.25, -0.2) is 4.98 Å². The van der Waals surface area contributed by atoms with Crippen LogP contribution in [0.5, 0.6) is 5.75 Å². The normalized spacial score (nSPS) is 13.2. The summed E-state index contributed by atoms with van der Waals surface area (Å²) < 4.78 is 25.9. The maximum Gasteiger partial charge on any atom is 0.148 e. The van der Waals surface area contributed by atoms with E-state index in [0.29, 0.717) is 17.0 Å². The van der Waals surface area contributed by atoms with Crippen LogP contribution in [0.4, 0.5) is 0 Å². The van der Waals surface area contributed by atoms with Gasteiger partial charge < -0.3 is 5.11 Å². The molecule has 0 amide bonds. The van der Waals surface area contributed by atoms with E-state index in [1.54, 1.807) is 18.3 Å². The van der Waals surface area contributed by atoms with Crippen LogP contribution in [0.2, 0.25) is 0 Å². The second kappa shape index (κ2) is 18.3. The van der Waals surface area contributed by atoms with E-state index in [9.17, 15) is 5.11 Å². The standard InChI is InChI=1S/C61H66N3O.Pt/c1-37(2)43-33-51(38(3)4)57(65)52(34-43)58-63-56-50(44-30-45(32-48(31-44)61(12,13)14)53-35-42(28-29-62-53)40-20-18-39(5)19-21-40)16-15-17-54(56)64(58)55-36-47(60(9,10)11)26-27-49(55)41-22-24-46(25-23-41)59(6,7)8;/h15-29,31-38,65H,1-14H3;/q-1;/i5D3;. The molecular formula is C61H66N3OPt-. The fourth-order valence-electron chi connectivity index (χ4n) is 8.65. The zero-order valence-electron chi connectivity index (χ0n) is 43.9. The first kappa shape index (κ1) is 44.3. The summed E-state index contributed by atoms with van der Waals surface area (Å²) in [6, 6.07) is 45.7. The number of para-hydroxylation sites is 1. The van der Waals surface area contributed by atoms with Crippen LogP contribution >= 0.6 is 0 Å². The predicted molar refractivity (Wildman–Crippen MR) is 276 cm³/mol. The minimum atomic E-state index is -2.17. The van der Waals surface area contributed by atoms with Gasteiger partial charge in [0.15, 0.2) is 0 Å². The number of rotatable bonds is 8. The van der Waals surface area contributed by atoms with E-state index in [1.807, 2.05) is 24.3 Å². The van der Waals surface area contributed by atoms with Crippen molar-refractivity contribution in [3.63, 3.8) is 0 Å². The van der Waals surface area contributed by atoms with E-state index in [4.69, 9.17) is 14.1 Å². The van der Waals surface area contributed by atoms with Gasteiger partial charge >= 0.3 is 0 Å². The molecule has 0 radical (unpaired) electrons. The Hall–Kier alpha value is -5.57. The molecular weight excluding hydrogens is 986 g/mol. The molecule has 0 spiro atoms. The first-order chi connectivity index (χ1) is 31.8. The third-order valence-corrected chi connectivity index (χ3v) is 12.8. The molecule has 0 bridgehead atoms. The van der Waals surface area contributed by atoms with Crippen molar-refractivity contribution >= 4 is 11.0 Å². The molecule has 0 saturated heterocycles. The molecule has 6 aromatic carbocycles. The van der Waals surface area contributed by atoms with Gasteiger partial charge in [-0.05, 0) is 98.1 Å². The quantitative estimate of drug-likeness (QED) is 0.154. The Kier molecular flexibility index (Phi) is 12.2. The predicted octanol–water partition coefficient (Wildman–Crippen LogP) is 16.7. The number of hydrogen-bond donors (Lipinski definition) is 1. The zero-order chi connectivity index (χ0) is 49.2. The Morgan fingerprint density at radius 1 is 0.591 bits per heavy atom. The van der Waals surface area contributed by atoms with E-state index in [1.165, 1.54) is 11.1 Å². The number of aromatic hydroxyl groups is 1. The number of phenols is 1. The molecule has 2 heterocycles. The van der Waals surface area contributed by atoms with Crippen LogP contribution < -0.4 is 0 Å². The Morgan fingerprint density at radius 2 is 1.23 bits per heavy atom. The van der Waals surface area contributed by atoms with E-state index >= 15 is 0 Å². The van der Waals surface area contributed by atoms with Crippen molar-refractivity contribution in [1.82, 2.24) is 14.5 Å². The molecule has 0 atom stereocenters. The van der Waals surface area contributed by atoms with E-state index < -0.39 is 6.85 Å². The van der Waals surface area contributed by atoms with Gasteiger partial charge in [-0.2, -0.15) is 0 Å². The van der Waals surface area contributed by atoms with Crippen LogP contribution in [-0.2, 0) is 37.3 Å². The molecule has 342 valence electrons. The summed E-state index contributed by atoms with van der Waals surface area (Å²) in [6.45, 7) is 26.6. The molecule has 2 aromatic heterocycles.